The van der Waals surface area contributed by atoms with Gasteiger partial charge >= 0.3 is 0 Å². The maximum atomic E-state index is 12.2. The van der Waals surface area contributed by atoms with Crippen LogP contribution in [0.15, 0.2) is 6.07 Å². The molecule has 1 heterocycles. The Bertz CT molecular complexity index is 315. The summed E-state index contributed by atoms with van der Waals surface area (Å²) in [6.45, 7) is 1.17. The van der Waals surface area contributed by atoms with Crippen molar-refractivity contribution in [3.05, 3.63) is 23.0 Å². The van der Waals surface area contributed by atoms with Gasteiger partial charge in [-0.1, -0.05) is 0 Å². The summed E-state index contributed by atoms with van der Waals surface area (Å²) >= 11 is 0. The van der Waals surface area contributed by atoms with Crippen LogP contribution in [0, 0.1) is 6.92 Å². The summed E-state index contributed by atoms with van der Waals surface area (Å²) in [6.07, 6.45) is -2.83. The van der Waals surface area contributed by atoms with Gasteiger partial charge in [0.15, 0.2) is 0 Å². The molecule has 13 heavy (non-hydrogen) atoms. The molecule has 0 saturated carbocycles. The summed E-state index contributed by atoms with van der Waals surface area (Å²) in [4.78, 5) is 3.44. The molecule has 0 atom stereocenters. The van der Waals surface area contributed by atoms with Gasteiger partial charge in [0.05, 0.1) is 12.3 Å². The van der Waals surface area contributed by atoms with Crippen LogP contribution in [0.1, 0.15) is 23.4 Å². The Morgan fingerprint density at radius 3 is 2.62 bits per heavy atom. The molecule has 1 rings (SSSR count). The molecule has 0 aromatic carbocycles. The number of hydrogen-bond donors (Lipinski definition) is 2. The first kappa shape index (κ1) is 9.85. The smallest absolute Gasteiger partial charge is 0.284 e. The molecule has 2 N–H and O–H groups in total. The van der Waals surface area contributed by atoms with Gasteiger partial charge in [0.25, 0.3) is 6.43 Å². The Morgan fingerprint density at radius 2 is 2.15 bits per heavy atom. The van der Waals surface area contributed by atoms with Crippen molar-refractivity contribution in [1.82, 2.24) is 4.98 Å². The third kappa shape index (κ3) is 1.92. The summed E-state index contributed by atoms with van der Waals surface area (Å²) in [7, 11) is 0. The van der Waals surface area contributed by atoms with Crippen molar-refractivity contribution in [3.63, 3.8) is 0 Å². The van der Waals surface area contributed by atoms with Crippen LogP contribution in [0.2, 0.25) is 0 Å². The first-order chi connectivity index (χ1) is 6.06. The second kappa shape index (κ2) is 3.66. The van der Waals surface area contributed by atoms with Gasteiger partial charge in [0, 0.05) is 0 Å². The third-order valence-corrected chi connectivity index (χ3v) is 1.68. The molecule has 0 aliphatic rings. The van der Waals surface area contributed by atoms with E-state index in [1.165, 1.54) is 6.07 Å². The lowest BCUT2D eigenvalue weighted by atomic mass is 10.2. The molecule has 0 bridgehead atoms. The number of aliphatic hydroxyl groups is 1. The van der Waals surface area contributed by atoms with E-state index in [0.717, 1.165) is 0 Å². The lowest BCUT2D eigenvalue weighted by molar-refractivity contribution is 0.141. The summed E-state index contributed by atoms with van der Waals surface area (Å²) in [6, 6.07) is 1.17. The standard InChI is InChI=1S/C8H9F2NO2/c1-4-2-6(13)7(8(9)10)11-5(4)3-12/h2,8,12-13H,3H2,1H3. The van der Waals surface area contributed by atoms with Gasteiger partial charge in [-0.15, -0.1) is 0 Å². The van der Waals surface area contributed by atoms with E-state index in [-0.39, 0.29) is 5.69 Å². The predicted molar refractivity (Wildman–Crippen MR) is 41.5 cm³/mol. The second-order valence-corrected chi connectivity index (χ2v) is 2.62. The van der Waals surface area contributed by atoms with E-state index in [1.54, 1.807) is 6.92 Å². The Labute approximate surface area is 73.7 Å². The Hall–Kier alpha value is -1.23. The maximum Gasteiger partial charge on any atom is 0.284 e. The van der Waals surface area contributed by atoms with Gasteiger partial charge in [0.1, 0.15) is 11.4 Å². The molecular weight excluding hydrogens is 180 g/mol. The van der Waals surface area contributed by atoms with Gasteiger partial charge in [-0.2, -0.15) is 0 Å². The SMILES string of the molecule is Cc1cc(O)c(C(F)F)nc1CO. The monoisotopic (exact) mass is 189 g/mol. The van der Waals surface area contributed by atoms with E-state index in [2.05, 4.69) is 4.98 Å². The summed E-state index contributed by atoms with van der Waals surface area (Å²) < 4.78 is 24.3. The van der Waals surface area contributed by atoms with E-state index in [1.807, 2.05) is 0 Å². The number of hydrogen-bond acceptors (Lipinski definition) is 3. The number of aliphatic hydroxyl groups excluding tert-OH is 1. The number of alkyl halides is 2. The summed E-state index contributed by atoms with van der Waals surface area (Å²) in [5.74, 6) is -0.537. The fourth-order valence-electron chi connectivity index (χ4n) is 0.974. The molecule has 5 heteroatoms. The van der Waals surface area contributed by atoms with Crippen LogP contribution in [0.5, 0.6) is 5.75 Å². The van der Waals surface area contributed by atoms with Crippen LogP contribution in [0.3, 0.4) is 0 Å². The first-order valence-corrected chi connectivity index (χ1v) is 3.64. The zero-order chi connectivity index (χ0) is 10.0. The molecule has 0 unspecified atom stereocenters. The molecule has 3 nitrogen and oxygen atoms in total. The minimum atomic E-state index is -2.83. The molecule has 0 fully saturated rings. The van der Waals surface area contributed by atoms with Gasteiger partial charge in [-0.25, -0.2) is 13.8 Å². The van der Waals surface area contributed by atoms with Gasteiger partial charge in [0.2, 0.25) is 0 Å². The molecule has 0 saturated heterocycles. The molecule has 0 amide bonds. The number of rotatable bonds is 2. The fourth-order valence-corrected chi connectivity index (χ4v) is 0.974. The topological polar surface area (TPSA) is 53.4 Å². The molecule has 1 aromatic rings. The van der Waals surface area contributed by atoms with E-state index >= 15 is 0 Å². The van der Waals surface area contributed by atoms with E-state index in [4.69, 9.17) is 10.2 Å². The van der Waals surface area contributed by atoms with Crippen LogP contribution in [0.25, 0.3) is 0 Å². The van der Waals surface area contributed by atoms with Crippen molar-refractivity contribution in [2.24, 2.45) is 0 Å². The Balaban J connectivity index is 3.22. The van der Waals surface area contributed by atoms with Crippen LogP contribution in [-0.2, 0) is 6.61 Å². The number of pyridine rings is 1. The van der Waals surface area contributed by atoms with Gasteiger partial charge in [-0.3, -0.25) is 0 Å². The maximum absolute atomic E-state index is 12.2. The number of halogens is 2. The average molecular weight is 189 g/mol. The lowest BCUT2D eigenvalue weighted by Gasteiger charge is -2.07. The molecule has 0 spiro atoms. The average Bonchev–Trinajstić information content (AvgIpc) is 2.03. The molecule has 0 aliphatic carbocycles. The highest BCUT2D eigenvalue weighted by atomic mass is 19.3. The summed E-state index contributed by atoms with van der Waals surface area (Å²) in [5.41, 5.74) is -0.0350. The van der Waals surface area contributed by atoms with Gasteiger partial charge in [-0.05, 0) is 18.6 Å². The highest BCUT2D eigenvalue weighted by molar-refractivity contribution is 5.34. The number of aryl methyl sites for hydroxylation is 1. The Kier molecular flexibility index (Phi) is 2.77. The minimum Gasteiger partial charge on any atom is -0.506 e. The molecular formula is C8H9F2NO2. The van der Waals surface area contributed by atoms with Crippen molar-refractivity contribution in [3.8, 4) is 5.75 Å². The largest absolute Gasteiger partial charge is 0.506 e. The summed E-state index contributed by atoms with van der Waals surface area (Å²) in [5, 5.41) is 17.8. The molecule has 0 aliphatic heterocycles. The van der Waals surface area contributed by atoms with Crippen LogP contribution < -0.4 is 0 Å². The number of nitrogens with zero attached hydrogens (tertiary/aromatic N) is 1. The van der Waals surface area contributed by atoms with E-state index in [0.29, 0.717) is 5.56 Å². The molecule has 1 aromatic heterocycles. The zero-order valence-electron chi connectivity index (χ0n) is 6.96. The number of aromatic hydroxyl groups is 1. The molecule has 72 valence electrons. The van der Waals surface area contributed by atoms with Crippen LogP contribution in [-0.4, -0.2) is 15.2 Å². The van der Waals surface area contributed by atoms with Crippen LogP contribution >= 0.6 is 0 Å². The van der Waals surface area contributed by atoms with Crippen molar-refractivity contribution >= 4 is 0 Å². The fraction of sp³-hybridized carbons (Fsp3) is 0.375. The van der Waals surface area contributed by atoms with Crippen molar-refractivity contribution < 1.29 is 19.0 Å². The Morgan fingerprint density at radius 1 is 1.54 bits per heavy atom. The normalized spacial score (nSPS) is 10.8. The molecule has 0 radical (unpaired) electrons. The van der Waals surface area contributed by atoms with Crippen LogP contribution in [0.4, 0.5) is 8.78 Å². The first-order valence-electron chi connectivity index (χ1n) is 3.64. The quantitative estimate of drug-likeness (QED) is 0.741. The van der Waals surface area contributed by atoms with Crippen molar-refractivity contribution in [1.29, 1.82) is 0 Å². The second-order valence-electron chi connectivity index (χ2n) is 2.62. The zero-order valence-corrected chi connectivity index (χ0v) is 6.96. The highest BCUT2D eigenvalue weighted by Crippen LogP contribution is 2.27. The van der Waals surface area contributed by atoms with Crippen molar-refractivity contribution in [2.75, 3.05) is 0 Å². The highest BCUT2D eigenvalue weighted by Gasteiger charge is 2.16. The van der Waals surface area contributed by atoms with E-state index in [9.17, 15) is 8.78 Å². The van der Waals surface area contributed by atoms with Gasteiger partial charge < -0.3 is 10.2 Å². The van der Waals surface area contributed by atoms with Crippen molar-refractivity contribution in [2.45, 2.75) is 20.0 Å². The number of aromatic nitrogens is 1. The predicted octanol–water partition coefficient (Wildman–Crippen LogP) is 1.53. The minimum absolute atomic E-state index is 0.160. The third-order valence-electron chi connectivity index (χ3n) is 1.68. The van der Waals surface area contributed by atoms with E-state index < -0.39 is 24.5 Å². The lowest BCUT2D eigenvalue weighted by Crippen LogP contribution is -1.99.